The first-order valence-electron chi connectivity index (χ1n) is 7.86. The Labute approximate surface area is 144 Å². The number of pyridine rings is 1. The number of fused-ring (bicyclic) bond motifs is 1. The summed E-state index contributed by atoms with van der Waals surface area (Å²) < 4.78 is 0. The van der Waals surface area contributed by atoms with E-state index in [-0.39, 0.29) is 0 Å². The molecule has 0 aliphatic carbocycles. The molecule has 0 saturated heterocycles. The summed E-state index contributed by atoms with van der Waals surface area (Å²) in [5.74, 6) is 0.372. The minimum absolute atomic E-state index is 0.372. The highest BCUT2D eigenvalue weighted by Gasteiger charge is 2.07. The number of benzene rings is 2. The van der Waals surface area contributed by atoms with Gasteiger partial charge < -0.3 is 5.73 Å². The van der Waals surface area contributed by atoms with Crippen molar-refractivity contribution in [3.05, 3.63) is 66.6 Å². The molecule has 6 heteroatoms. The molecule has 0 atom stereocenters. The zero-order chi connectivity index (χ0) is 17.2. The van der Waals surface area contributed by atoms with Gasteiger partial charge in [-0.2, -0.15) is 10.2 Å². The van der Waals surface area contributed by atoms with Crippen LogP contribution in [0, 0.1) is 6.92 Å². The first kappa shape index (κ1) is 15.0. The number of nitrogens with one attached hydrogen (secondary N) is 1. The second-order valence-corrected chi connectivity index (χ2v) is 5.82. The molecule has 3 N–H and O–H groups in total. The Hall–Kier alpha value is -3.54. The van der Waals surface area contributed by atoms with Crippen molar-refractivity contribution in [2.45, 2.75) is 6.92 Å². The van der Waals surface area contributed by atoms with Gasteiger partial charge in [0.25, 0.3) is 0 Å². The summed E-state index contributed by atoms with van der Waals surface area (Å²) in [5.41, 5.74) is 10.6. The van der Waals surface area contributed by atoms with Gasteiger partial charge >= 0.3 is 0 Å². The molecule has 2 heterocycles. The Kier molecular flexibility index (Phi) is 3.70. The average molecular weight is 328 g/mol. The van der Waals surface area contributed by atoms with Gasteiger partial charge in [0.05, 0.1) is 11.9 Å². The van der Waals surface area contributed by atoms with Crippen molar-refractivity contribution >= 4 is 28.0 Å². The van der Waals surface area contributed by atoms with E-state index in [0.717, 1.165) is 33.2 Å². The highest BCUT2D eigenvalue weighted by atomic mass is 15.1. The third-order valence-corrected chi connectivity index (χ3v) is 4.01. The van der Waals surface area contributed by atoms with Gasteiger partial charge in [0.2, 0.25) is 0 Å². The van der Waals surface area contributed by atoms with Crippen LogP contribution < -0.4 is 5.73 Å². The number of nitrogens with two attached hydrogens (primary N) is 1. The zero-order valence-corrected chi connectivity index (χ0v) is 13.6. The van der Waals surface area contributed by atoms with Gasteiger partial charge in [-0.25, -0.2) is 4.98 Å². The van der Waals surface area contributed by atoms with Gasteiger partial charge in [0.15, 0.2) is 5.82 Å². The Morgan fingerprint density at radius 1 is 0.960 bits per heavy atom. The maximum atomic E-state index is 6.01. The lowest BCUT2D eigenvalue weighted by atomic mass is 10.1. The van der Waals surface area contributed by atoms with E-state index in [1.165, 1.54) is 0 Å². The zero-order valence-electron chi connectivity index (χ0n) is 13.6. The number of aryl methyl sites for hydroxylation is 1. The van der Waals surface area contributed by atoms with E-state index in [1.807, 2.05) is 55.6 Å². The summed E-state index contributed by atoms with van der Waals surface area (Å²) in [5, 5.41) is 17.4. The number of anilines is 1. The fraction of sp³-hybridized carbons (Fsp3) is 0.0526. The van der Waals surface area contributed by atoms with Crippen molar-refractivity contribution in [3.63, 3.8) is 0 Å². The molecule has 0 aliphatic heterocycles. The van der Waals surface area contributed by atoms with E-state index < -0.39 is 0 Å². The highest BCUT2D eigenvalue weighted by Crippen LogP contribution is 2.32. The van der Waals surface area contributed by atoms with Crippen molar-refractivity contribution in [3.8, 4) is 11.1 Å². The monoisotopic (exact) mass is 328 g/mol. The predicted octanol–water partition coefficient (Wildman–Crippen LogP) is 4.93. The summed E-state index contributed by atoms with van der Waals surface area (Å²) in [7, 11) is 0. The SMILES string of the molecule is Cc1ccc2cnc(N)c(N=Nc3ccc(-c4cn[nH]c4)cc3)c2c1. The maximum absolute atomic E-state index is 6.01. The Balaban J connectivity index is 1.69. The molecule has 6 nitrogen and oxygen atoms in total. The number of aromatic amines is 1. The van der Waals surface area contributed by atoms with Gasteiger partial charge in [0, 0.05) is 28.7 Å². The molecule has 122 valence electrons. The van der Waals surface area contributed by atoms with Crippen LogP contribution in [0.1, 0.15) is 5.56 Å². The third-order valence-electron chi connectivity index (χ3n) is 4.01. The molecule has 4 rings (SSSR count). The number of aromatic nitrogens is 3. The van der Waals surface area contributed by atoms with Crippen LogP contribution in [0.15, 0.2) is 71.3 Å². The largest absolute Gasteiger partial charge is 0.382 e. The average Bonchev–Trinajstić information content (AvgIpc) is 3.16. The van der Waals surface area contributed by atoms with Gasteiger partial charge in [-0.05, 0) is 30.7 Å². The van der Waals surface area contributed by atoms with Crippen LogP contribution in [0.2, 0.25) is 0 Å². The lowest BCUT2D eigenvalue weighted by molar-refractivity contribution is 1.09. The highest BCUT2D eigenvalue weighted by molar-refractivity contribution is 5.96. The Morgan fingerprint density at radius 3 is 2.56 bits per heavy atom. The molecule has 0 spiro atoms. The fourth-order valence-electron chi connectivity index (χ4n) is 2.67. The number of hydrogen-bond acceptors (Lipinski definition) is 5. The lowest BCUT2D eigenvalue weighted by Gasteiger charge is -2.05. The fourth-order valence-corrected chi connectivity index (χ4v) is 2.67. The van der Waals surface area contributed by atoms with Gasteiger partial charge in [0.1, 0.15) is 5.69 Å². The molecule has 4 aromatic rings. The van der Waals surface area contributed by atoms with Crippen LogP contribution in [0.4, 0.5) is 17.2 Å². The standard InChI is InChI=1S/C19H16N6/c1-12-2-3-14-9-21-19(20)18(17(14)8-12)25-24-16-6-4-13(5-7-16)15-10-22-23-11-15/h2-11H,1H3,(H2,20,21)(H,22,23). The van der Waals surface area contributed by atoms with Crippen LogP contribution in [-0.4, -0.2) is 15.2 Å². The molecule has 0 aliphatic rings. The summed E-state index contributed by atoms with van der Waals surface area (Å²) in [6.45, 7) is 2.03. The van der Waals surface area contributed by atoms with Crippen molar-refractivity contribution in [1.29, 1.82) is 0 Å². The topological polar surface area (TPSA) is 92.3 Å². The van der Waals surface area contributed by atoms with Crippen LogP contribution >= 0.6 is 0 Å². The van der Waals surface area contributed by atoms with Crippen LogP contribution in [0.3, 0.4) is 0 Å². The van der Waals surface area contributed by atoms with Crippen LogP contribution in [0.5, 0.6) is 0 Å². The number of nitrogens with zero attached hydrogens (tertiary/aromatic N) is 4. The normalized spacial score (nSPS) is 11.4. The number of azo groups is 1. The van der Waals surface area contributed by atoms with E-state index >= 15 is 0 Å². The summed E-state index contributed by atoms with van der Waals surface area (Å²) in [4.78, 5) is 4.21. The Bertz CT molecular complexity index is 1040. The van der Waals surface area contributed by atoms with Crippen LogP contribution in [0.25, 0.3) is 21.9 Å². The molecular weight excluding hydrogens is 312 g/mol. The summed E-state index contributed by atoms with van der Waals surface area (Å²) in [6, 6.07) is 13.9. The minimum atomic E-state index is 0.372. The second-order valence-electron chi connectivity index (χ2n) is 5.82. The van der Waals surface area contributed by atoms with Crippen LogP contribution in [-0.2, 0) is 0 Å². The van der Waals surface area contributed by atoms with Crippen molar-refractivity contribution in [1.82, 2.24) is 15.2 Å². The molecule has 25 heavy (non-hydrogen) atoms. The van der Waals surface area contributed by atoms with E-state index in [4.69, 9.17) is 5.73 Å². The maximum Gasteiger partial charge on any atom is 0.151 e. The van der Waals surface area contributed by atoms with E-state index in [9.17, 15) is 0 Å². The molecule has 0 amide bonds. The second kappa shape index (κ2) is 6.16. The molecule has 0 fully saturated rings. The molecule has 2 aromatic heterocycles. The van der Waals surface area contributed by atoms with Crippen molar-refractivity contribution in [2.24, 2.45) is 10.2 Å². The number of H-pyrrole nitrogens is 1. The molecular formula is C19H16N6. The molecule has 0 bridgehead atoms. The van der Waals surface area contributed by atoms with Gasteiger partial charge in [-0.1, -0.05) is 29.8 Å². The Morgan fingerprint density at radius 2 is 1.80 bits per heavy atom. The van der Waals surface area contributed by atoms with Gasteiger partial charge in [-0.3, -0.25) is 5.10 Å². The first-order valence-corrected chi connectivity index (χ1v) is 7.86. The molecule has 0 radical (unpaired) electrons. The molecule has 0 unspecified atom stereocenters. The number of hydrogen-bond donors (Lipinski definition) is 2. The van der Waals surface area contributed by atoms with E-state index in [2.05, 4.69) is 25.4 Å². The van der Waals surface area contributed by atoms with E-state index in [0.29, 0.717) is 11.5 Å². The minimum Gasteiger partial charge on any atom is -0.382 e. The molecule has 2 aromatic carbocycles. The van der Waals surface area contributed by atoms with E-state index in [1.54, 1.807) is 12.4 Å². The van der Waals surface area contributed by atoms with Crippen molar-refractivity contribution in [2.75, 3.05) is 5.73 Å². The molecule has 0 saturated carbocycles. The smallest absolute Gasteiger partial charge is 0.151 e. The third kappa shape index (κ3) is 2.97. The predicted molar refractivity (Wildman–Crippen MR) is 99.1 cm³/mol. The van der Waals surface area contributed by atoms with Gasteiger partial charge in [-0.15, -0.1) is 5.11 Å². The lowest BCUT2D eigenvalue weighted by Crippen LogP contribution is -1.91. The van der Waals surface area contributed by atoms with Crippen molar-refractivity contribution < 1.29 is 0 Å². The quantitative estimate of drug-likeness (QED) is 0.522. The first-order chi connectivity index (χ1) is 12.2. The number of rotatable bonds is 3. The summed E-state index contributed by atoms with van der Waals surface area (Å²) >= 11 is 0. The number of nitrogen functional groups attached to an aromatic ring is 1. The summed E-state index contributed by atoms with van der Waals surface area (Å²) in [6.07, 6.45) is 5.38.